The van der Waals surface area contributed by atoms with Crippen LogP contribution >= 0.6 is 0 Å². The largest absolute Gasteiger partial charge is 0.412 e. The Hall–Kier alpha value is -0.420. The summed E-state index contributed by atoms with van der Waals surface area (Å²) in [5.74, 6) is 0.0926. The minimum absolute atomic E-state index is 0. The molecule has 0 unspecified atom stereocenters. The van der Waals surface area contributed by atoms with Crippen LogP contribution in [0.15, 0.2) is 0 Å². The Morgan fingerprint density at radius 1 is 1.27 bits per heavy atom. The van der Waals surface area contributed by atoms with E-state index in [2.05, 4.69) is 0 Å². The fourth-order valence-corrected chi connectivity index (χ4v) is 0. The van der Waals surface area contributed by atoms with Gasteiger partial charge in [-0.1, -0.05) is 0 Å². The maximum atomic E-state index is 10.1. The molecule has 0 aromatic carbocycles. The van der Waals surface area contributed by atoms with Crippen LogP contribution in [0.25, 0.3) is 0 Å². The highest BCUT2D eigenvalue weighted by Crippen LogP contribution is 1.69. The summed E-state index contributed by atoms with van der Waals surface area (Å²) in [4.78, 5) is 11.6. The van der Waals surface area contributed by atoms with Gasteiger partial charge in [-0.3, -0.25) is 9.00 Å². The molecule has 0 bridgehead atoms. The summed E-state index contributed by atoms with van der Waals surface area (Å²) in [6, 6.07) is 0. The van der Waals surface area contributed by atoms with Crippen LogP contribution in [0.5, 0.6) is 0 Å². The first-order valence-electron chi connectivity index (χ1n) is 2.81. The van der Waals surface area contributed by atoms with Gasteiger partial charge < -0.3 is 10.4 Å². The van der Waals surface area contributed by atoms with Crippen molar-refractivity contribution in [2.24, 2.45) is 0 Å². The molecular weight excluding hydrogens is 166 g/mol. The standard InChI is InChI=1S/C4H9NO.C2H6OS.H2O/c1-4(6)5(2)3;1-4(2)3;/h1-3H3;1-2H3;1H2. The number of rotatable bonds is 0. The Bertz CT molecular complexity index is 121. The van der Waals surface area contributed by atoms with Gasteiger partial charge in [0, 0.05) is 44.3 Å². The molecule has 2 N–H and O–H groups in total. The van der Waals surface area contributed by atoms with Crippen LogP contribution < -0.4 is 0 Å². The van der Waals surface area contributed by atoms with Gasteiger partial charge >= 0.3 is 0 Å². The maximum Gasteiger partial charge on any atom is 0.218 e. The lowest BCUT2D eigenvalue weighted by atomic mass is 10.7. The molecule has 4 nitrogen and oxygen atoms in total. The third-order valence-electron chi connectivity index (χ3n) is 0.630. The van der Waals surface area contributed by atoms with Gasteiger partial charge in [-0.2, -0.15) is 0 Å². The van der Waals surface area contributed by atoms with E-state index < -0.39 is 10.8 Å². The quantitative estimate of drug-likeness (QED) is 0.496. The molecular formula is C6H17NO3S. The van der Waals surface area contributed by atoms with E-state index in [4.69, 9.17) is 0 Å². The Morgan fingerprint density at radius 3 is 1.36 bits per heavy atom. The third-order valence-corrected chi connectivity index (χ3v) is 0.630. The monoisotopic (exact) mass is 183 g/mol. The van der Waals surface area contributed by atoms with Gasteiger partial charge in [-0.15, -0.1) is 0 Å². The molecule has 0 saturated carbocycles. The van der Waals surface area contributed by atoms with Crippen molar-refractivity contribution in [3.63, 3.8) is 0 Å². The molecule has 0 heterocycles. The maximum absolute atomic E-state index is 10.1. The lowest BCUT2D eigenvalue weighted by molar-refractivity contribution is -0.126. The highest BCUT2D eigenvalue weighted by Gasteiger charge is 1.87. The lowest BCUT2D eigenvalue weighted by Crippen LogP contribution is -2.17. The number of nitrogens with zero attached hydrogens (tertiary/aromatic N) is 1. The van der Waals surface area contributed by atoms with Crippen LogP contribution in [0.4, 0.5) is 0 Å². The van der Waals surface area contributed by atoms with Crippen LogP contribution in [-0.4, -0.2) is 47.1 Å². The summed E-state index contributed by atoms with van der Waals surface area (Å²) in [5.41, 5.74) is 0. The van der Waals surface area contributed by atoms with Crippen LogP contribution in [0.3, 0.4) is 0 Å². The Labute approximate surface area is 70.3 Å². The van der Waals surface area contributed by atoms with Gasteiger partial charge in [0.05, 0.1) is 0 Å². The van der Waals surface area contributed by atoms with Gasteiger partial charge in [0.15, 0.2) is 0 Å². The molecule has 1 amide bonds. The molecule has 0 radical (unpaired) electrons. The van der Waals surface area contributed by atoms with E-state index in [9.17, 15) is 9.00 Å². The van der Waals surface area contributed by atoms with E-state index in [1.165, 1.54) is 11.8 Å². The van der Waals surface area contributed by atoms with E-state index in [-0.39, 0.29) is 11.4 Å². The second kappa shape index (κ2) is 9.58. The fourth-order valence-electron chi connectivity index (χ4n) is 0. The summed E-state index contributed by atoms with van der Waals surface area (Å²) in [5, 5.41) is 0. The second-order valence-electron chi connectivity index (χ2n) is 2.16. The minimum atomic E-state index is -0.611. The molecule has 5 heteroatoms. The number of hydrogen-bond donors (Lipinski definition) is 0. The van der Waals surface area contributed by atoms with Gasteiger partial charge in [-0.05, 0) is 0 Å². The van der Waals surface area contributed by atoms with Crippen LogP contribution in [-0.2, 0) is 15.6 Å². The van der Waals surface area contributed by atoms with E-state index in [1.807, 2.05) is 0 Å². The average molecular weight is 183 g/mol. The van der Waals surface area contributed by atoms with E-state index in [0.29, 0.717) is 0 Å². The smallest absolute Gasteiger partial charge is 0.218 e. The normalized spacial score (nSPS) is 7.45. The molecule has 0 aromatic heterocycles. The highest BCUT2D eigenvalue weighted by molar-refractivity contribution is 7.83. The minimum Gasteiger partial charge on any atom is -0.412 e. The van der Waals surface area contributed by atoms with Gasteiger partial charge in [0.1, 0.15) is 0 Å². The molecule has 0 aliphatic rings. The van der Waals surface area contributed by atoms with Crippen molar-refractivity contribution in [3.8, 4) is 0 Å². The Morgan fingerprint density at radius 2 is 1.36 bits per heavy atom. The summed E-state index contributed by atoms with van der Waals surface area (Å²) in [7, 11) is 2.84. The van der Waals surface area contributed by atoms with Gasteiger partial charge in [0.25, 0.3) is 0 Å². The molecule has 70 valence electrons. The van der Waals surface area contributed by atoms with Crippen LogP contribution in [0.2, 0.25) is 0 Å². The summed E-state index contributed by atoms with van der Waals surface area (Å²) in [6.07, 6.45) is 3.28. The van der Waals surface area contributed by atoms with Crippen molar-refractivity contribution in [2.75, 3.05) is 26.6 Å². The highest BCUT2D eigenvalue weighted by atomic mass is 32.2. The fraction of sp³-hybridized carbons (Fsp3) is 0.833. The summed E-state index contributed by atoms with van der Waals surface area (Å²) >= 11 is 0. The molecule has 0 aliphatic heterocycles. The van der Waals surface area contributed by atoms with Crippen molar-refractivity contribution >= 4 is 16.7 Å². The average Bonchev–Trinajstić information content (AvgIpc) is 1.63. The molecule has 0 aromatic rings. The van der Waals surface area contributed by atoms with Crippen LogP contribution in [0.1, 0.15) is 6.92 Å². The van der Waals surface area contributed by atoms with Crippen molar-refractivity contribution in [1.82, 2.24) is 4.90 Å². The molecule has 0 fully saturated rings. The topological polar surface area (TPSA) is 68.9 Å². The van der Waals surface area contributed by atoms with Crippen molar-refractivity contribution in [2.45, 2.75) is 6.92 Å². The molecule has 0 spiro atoms. The lowest BCUT2D eigenvalue weighted by Gasteiger charge is -2.02. The number of carbonyl (C=O) groups excluding carboxylic acids is 1. The van der Waals surface area contributed by atoms with Crippen molar-refractivity contribution in [3.05, 3.63) is 0 Å². The first kappa shape index (κ1) is 16.9. The molecule has 11 heavy (non-hydrogen) atoms. The molecule has 0 atom stereocenters. The van der Waals surface area contributed by atoms with Crippen molar-refractivity contribution in [1.29, 1.82) is 0 Å². The Kier molecular flexibility index (Phi) is 14.7. The zero-order chi connectivity index (χ0) is 8.73. The summed E-state index contributed by atoms with van der Waals surface area (Å²) in [6.45, 7) is 1.53. The third kappa shape index (κ3) is 42.9. The Balaban J connectivity index is -0.000000114. The van der Waals surface area contributed by atoms with Crippen LogP contribution in [0, 0.1) is 0 Å². The summed E-state index contributed by atoms with van der Waals surface area (Å²) < 4.78 is 9.56. The van der Waals surface area contributed by atoms with Gasteiger partial charge in [0.2, 0.25) is 5.91 Å². The predicted molar refractivity (Wildman–Crippen MR) is 48.0 cm³/mol. The predicted octanol–water partition coefficient (Wildman–Crippen LogP) is -0.735. The SMILES string of the molecule is CC(=O)N(C)C.CS(C)=O.O. The van der Waals surface area contributed by atoms with Crippen molar-refractivity contribution < 1.29 is 14.5 Å². The number of amides is 1. The number of carbonyl (C=O) groups is 1. The zero-order valence-electron chi connectivity index (χ0n) is 7.67. The van der Waals surface area contributed by atoms with E-state index in [1.54, 1.807) is 26.6 Å². The van der Waals surface area contributed by atoms with E-state index in [0.717, 1.165) is 0 Å². The number of hydrogen-bond acceptors (Lipinski definition) is 2. The molecule has 0 saturated heterocycles. The second-order valence-corrected chi connectivity index (χ2v) is 3.64. The van der Waals surface area contributed by atoms with Gasteiger partial charge in [-0.25, -0.2) is 0 Å². The van der Waals surface area contributed by atoms with E-state index >= 15 is 0 Å². The molecule has 0 aliphatic carbocycles. The first-order valence-corrected chi connectivity index (χ1v) is 4.77. The first-order chi connectivity index (χ1) is 4.37. The molecule has 0 rings (SSSR count). The zero-order valence-corrected chi connectivity index (χ0v) is 8.49.